The molecule has 1 aliphatic rings. The molecule has 0 aromatic carbocycles. The largest absolute Gasteiger partial charge is 0.430 e. The lowest BCUT2D eigenvalue weighted by Crippen LogP contribution is -2.54. The summed E-state index contributed by atoms with van der Waals surface area (Å²) in [5.41, 5.74) is 2.31. The zero-order valence-corrected chi connectivity index (χ0v) is 13.0. The second-order valence-corrected chi connectivity index (χ2v) is 5.86. The molecule has 4 nitrogen and oxygen atoms in total. The summed E-state index contributed by atoms with van der Waals surface area (Å²) in [4.78, 5) is 2.05. The third-order valence-electron chi connectivity index (χ3n) is 4.03. The molecule has 0 atom stereocenters. The molecule has 1 saturated heterocycles. The number of hydrogen-bond donors (Lipinski definition) is 2. The van der Waals surface area contributed by atoms with Gasteiger partial charge in [-0.1, -0.05) is 13.5 Å². The van der Waals surface area contributed by atoms with Crippen LogP contribution in [0.1, 0.15) is 26.7 Å². The molecule has 0 spiro atoms. The van der Waals surface area contributed by atoms with Crippen LogP contribution in [-0.2, 0) is 0 Å². The molecule has 2 N–H and O–H groups in total. The van der Waals surface area contributed by atoms with Crippen molar-refractivity contribution < 1.29 is 13.2 Å². The third kappa shape index (κ3) is 5.67. The van der Waals surface area contributed by atoms with Gasteiger partial charge in [-0.05, 0) is 38.8 Å². The lowest BCUT2D eigenvalue weighted by atomic mass is 9.76. The summed E-state index contributed by atoms with van der Waals surface area (Å²) in [5, 5.41) is 6.60. The summed E-state index contributed by atoms with van der Waals surface area (Å²) < 4.78 is 36.8. The van der Waals surface area contributed by atoms with Crippen LogP contribution in [0.5, 0.6) is 0 Å². The zero-order chi connectivity index (χ0) is 16.1. The summed E-state index contributed by atoms with van der Waals surface area (Å²) in [5.74, 6) is 0. The van der Waals surface area contributed by atoms with Crippen molar-refractivity contribution in [3.05, 3.63) is 12.3 Å². The van der Waals surface area contributed by atoms with Crippen LogP contribution < -0.4 is 10.7 Å². The minimum Gasteiger partial charge on any atom is -0.316 e. The van der Waals surface area contributed by atoms with Gasteiger partial charge in [0.25, 0.3) is 0 Å². The first-order chi connectivity index (χ1) is 9.68. The first kappa shape index (κ1) is 18.0. The number of hydrogen-bond acceptors (Lipinski definition) is 4. The molecule has 21 heavy (non-hydrogen) atoms. The number of alkyl halides is 3. The fourth-order valence-electron chi connectivity index (χ4n) is 2.18. The van der Waals surface area contributed by atoms with Crippen molar-refractivity contribution >= 4 is 5.71 Å². The topological polar surface area (TPSA) is 39.7 Å². The second-order valence-electron chi connectivity index (χ2n) is 5.86. The molecule has 0 aromatic rings. The first-order valence-electron chi connectivity index (χ1n) is 7.13. The SMILES string of the molecule is C=C(CN(C)CCC1(CC)CNC1)N/N=C(\C)C(F)(F)F. The monoisotopic (exact) mass is 306 g/mol. The highest BCUT2D eigenvalue weighted by Crippen LogP contribution is 2.30. The Labute approximate surface area is 124 Å². The Morgan fingerprint density at radius 1 is 1.43 bits per heavy atom. The third-order valence-corrected chi connectivity index (χ3v) is 4.03. The van der Waals surface area contributed by atoms with Crippen LogP contribution >= 0.6 is 0 Å². The van der Waals surface area contributed by atoms with E-state index in [0.29, 0.717) is 17.7 Å². The van der Waals surface area contributed by atoms with Crippen LogP contribution in [0, 0.1) is 5.41 Å². The number of halogens is 3. The van der Waals surface area contributed by atoms with Crippen molar-refractivity contribution in [2.45, 2.75) is 32.9 Å². The predicted molar refractivity (Wildman–Crippen MR) is 79.1 cm³/mol. The van der Waals surface area contributed by atoms with Crippen LogP contribution in [0.2, 0.25) is 0 Å². The van der Waals surface area contributed by atoms with Gasteiger partial charge in [-0.25, -0.2) is 0 Å². The average molecular weight is 306 g/mol. The Bertz CT molecular complexity index is 381. The molecule has 1 rings (SSSR count). The molecule has 0 radical (unpaired) electrons. The van der Waals surface area contributed by atoms with Gasteiger partial charge in [-0.2, -0.15) is 18.3 Å². The maximum atomic E-state index is 12.3. The van der Waals surface area contributed by atoms with Crippen molar-refractivity contribution in [2.24, 2.45) is 10.5 Å². The van der Waals surface area contributed by atoms with Gasteiger partial charge in [-0.3, -0.25) is 5.43 Å². The summed E-state index contributed by atoms with van der Waals surface area (Å²) in [7, 11) is 1.93. The van der Waals surface area contributed by atoms with Crippen LogP contribution in [0.15, 0.2) is 17.4 Å². The molecule has 0 saturated carbocycles. The van der Waals surface area contributed by atoms with E-state index in [1.54, 1.807) is 0 Å². The van der Waals surface area contributed by atoms with Gasteiger partial charge >= 0.3 is 6.18 Å². The minimum absolute atomic E-state index is 0.383. The van der Waals surface area contributed by atoms with Crippen LogP contribution in [0.25, 0.3) is 0 Å². The normalized spacial score (nSPS) is 18.5. The van der Waals surface area contributed by atoms with Gasteiger partial charge in [0.15, 0.2) is 0 Å². The van der Waals surface area contributed by atoms with E-state index in [-0.39, 0.29) is 0 Å². The number of likely N-dealkylation sites (N-methyl/N-ethyl adjacent to an activating group) is 1. The molecule has 122 valence electrons. The number of hydrazone groups is 1. The lowest BCUT2D eigenvalue weighted by molar-refractivity contribution is -0.0595. The van der Waals surface area contributed by atoms with Gasteiger partial charge in [0.05, 0.1) is 0 Å². The van der Waals surface area contributed by atoms with E-state index in [0.717, 1.165) is 39.4 Å². The van der Waals surface area contributed by atoms with E-state index < -0.39 is 11.9 Å². The van der Waals surface area contributed by atoms with Gasteiger partial charge < -0.3 is 10.2 Å². The quantitative estimate of drug-likeness (QED) is 0.534. The molecular weight excluding hydrogens is 281 g/mol. The summed E-state index contributed by atoms with van der Waals surface area (Å²) in [6.45, 7) is 10.3. The first-order valence-corrected chi connectivity index (χ1v) is 7.13. The van der Waals surface area contributed by atoms with Gasteiger partial charge in [0.2, 0.25) is 0 Å². The number of nitrogens with one attached hydrogen (secondary N) is 2. The standard InChI is InChI=1S/C14H25F3N4/c1-5-13(9-18-10-13)6-7-21(4)8-11(2)19-20-12(3)14(15,16)17/h18-19H,2,5-10H2,1,3-4H3/b20-12+. The van der Waals surface area contributed by atoms with Crippen LogP contribution in [0.3, 0.4) is 0 Å². The molecule has 0 amide bonds. The molecule has 1 heterocycles. The van der Waals surface area contributed by atoms with Gasteiger partial charge in [0, 0.05) is 25.3 Å². The van der Waals surface area contributed by atoms with E-state index >= 15 is 0 Å². The Hall–Kier alpha value is -1.08. The van der Waals surface area contributed by atoms with Crippen molar-refractivity contribution in [1.29, 1.82) is 0 Å². The minimum atomic E-state index is -4.40. The summed E-state index contributed by atoms with van der Waals surface area (Å²) >= 11 is 0. The molecule has 0 unspecified atom stereocenters. The Morgan fingerprint density at radius 3 is 2.48 bits per heavy atom. The highest BCUT2D eigenvalue weighted by molar-refractivity contribution is 5.87. The number of nitrogens with zero attached hydrogens (tertiary/aromatic N) is 2. The Kier molecular flexibility index (Phi) is 6.22. The zero-order valence-electron chi connectivity index (χ0n) is 13.0. The molecule has 7 heteroatoms. The number of rotatable bonds is 8. The van der Waals surface area contributed by atoms with E-state index in [1.165, 1.54) is 0 Å². The van der Waals surface area contributed by atoms with Crippen molar-refractivity contribution in [2.75, 3.05) is 33.2 Å². The molecule has 0 bridgehead atoms. The summed E-state index contributed by atoms with van der Waals surface area (Å²) in [6, 6.07) is 0. The Balaban J connectivity index is 2.31. The highest BCUT2D eigenvalue weighted by atomic mass is 19.4. The van der Waals surface area contributed by atoms with E-state index in [2.05, 4.69) is 29.3 Å². The molecule has 0 aliphatic carbocycles. The second kappa shape index (κ2) is 7.26. The Morgan fingerprint density at radius 2 is 2.05 bits per heavy atom. The van der Waals surface area contributed by atoms with Crippen molar-refractivity contribution in [3.63, 3.8) is 0 Å². The van der Waals surface area contributed by atoms with Gasteiger partial charge in [0.1, 0.15) is 5.71 Å². The molecular formula is C14H25F3N4. The van der Waals surface area contributed by atoms with Gasteiger partial charge in [-0.15, -0.1) is 0 Å². The smallest absolute Gasteiger partial charge is 0.316 e. The van der Waals surface area contributed by atoms with E-state index in [1.807, 2.05) is 11.9 Å². The molecule has 1 aliphatic heterocycles. The highest BCUT2D eigenvalue weighted by Gasteiger charge is 2.34. The average Bonchev–Trinajstić information content (AvgIpc) is 2.34. The predicted octanol–water partition coefficient (Wildman–Crippen LogP) is 2.35. The van der Waals surface area contributed by atoms with Crippen LogP contribution in [0.4, 0.5) is 13.2 Å². The fraction of sp³-hybridized carbons (Fsp3) is 0.786. The lowest BCUT2D eigenvalue weighted by Gasteiger charge is -2.43. The molecule has 0 aromatic heterocycles. The van der Waals surface area contributed by atoms with E-state index in [9.17, 15) is 13.2 Å². The van der Waals surface area contributed by atoms with Crippen molar-refractivity contribution in [3.8, 4) is 0 Å². The maximum absolute atomic E-state index is 12.3. The molecule has 1 fully saturated rings. The van der Waals surface area contributed by atoms with Crippen LogP contribution in [-0.4, -0.2) is 50.0 Å². The van der Waals surface area contributed by atoms with Crippen molar-refractivity contribution in [1.82, 2.24) is 15.6 Å². The maximum Gasteiger partial charge on any atom is 0.430 e. The van der Waals surface area contributed by atoms with E-state index in [4.69, 9.17) is 0 Å². The summed E-state index contributed by atoms with van der Waals surface area (Å²) in [6.07, 6.45) is -2.18. The fourth-order valence-corrected chi connectivity index (χ4v) is 2.18.